The van der Waals surface area contributed by atoms with Crippen LogP contribution < -0.4 is 10.1 Å². The van der Waals surface area contributed by atoms with Crippen LogP contribution in [0.25, 0.3) is 0 Å². The van der Waals surface area contributed by atoms with E-state index in [1.807, 2.05) is 27.7 Å². The molecule has 5 heteroatoms. The normalized spacial score (nSPS) is 13.1. The molecule has 0 spiro atoms. The average Bonchev–Trinajstić information content (AvgIpc) is 2.61. The Morgan fingerprint density at radius 2 is 2.00 bits per heavy atom. The number of anilines is 1. The van der Waals surface area contributed by atoms with Crippen LogP contribution >= 0.6 is 0 Å². The van der Waals surface area contributed by atoms with Crippen LogP contribution in [-0.4, -0.2) is 24.2 Å². The van der Waals surface area contributed by atoms with Crippen molar-refractivity contribution in [2.24, 2.45) is 0 Å². The second-order valence-corrected chi connectivity index (χ2v) is 6.98. The Balaban J connectivity index is 2.92. The number of benzene rings is 1. The Morgan fingerprint density at radius 1 is 1.27 bits per heavy atom. The summed E-state index contributed by atoms with van der Waals surface area (Å²) in [6, 6.07) is 7.23. The number of carbonyl (C=O) groups is 1. The molecule has 1 aromatic rings. The van der Waals surface area contributed by atoms with Crippen LogP contribution in [0.5, 0.6) is 5.75 Å². The van der Waals surface area contributed by atoms with Gasteiger partial charge in [0.25, 0.3) is 5.91 Å². The van der Waals surface area contributed by atoms with E-state index in [0.29, 0.717) is 30.0 Å². The third kappa shape index (κ3) is 6.68. The van der Waals surface area contributed by atoms with Crippen molar-refractivity contribution in [3.63, 3.8) is 0 Å². The summed E-state index contributed by atoms with van der Waals surface area (Å²) < 4.78 is 11.5. The van der Waals surface area contributed by atoms with E-state index in [9.17, 15) is 10.1 Å². The third-order valence-corrected chi connectivity index (χ3v) is 4.08. The number of hydrogen-bond donors (Lipinski definition) is 1. The maximum atomic E-state index is 12.8. The predicted molar refractivity (Wildman–Crippen MR) is 104 cm³/mol. The largest absolute Gasteiger partial charge is 0.490 e. The summed E-state index contributed by atoms with van der Waals surface area (Å²) in [7, 11) is 0. The molecule has 0 aliphatic rings. The fourth-order valence-corrected chi connectivity index (χ4v) is 2.61. The lowest BCUT2D eigenvalue weighted by Crippen LogP contribution is -2.43. The summed E-state index contributed by atoms with van der Waals surface area (Å²) in [6.07, 6.45) is 4.61. The van der Waals surface area contributed by atoms with Crippen molar-refractivity contribution in [2.45, 2.75) is 78.4 Å². The van der Waals surface area contributed by atoms with Crippen LogP contribution in [0.3, 0.4) is 0 Å². The topological polar surface area (TPSA) is 71.3 Å². The van der Waals surface area contributed by atoms with Crippen molar-refractivity contribution in [2.75, 3.05) is 11.9 Å². The van der Waals surface area contributed by atoms with Gasteiger partial charge in [0.2, 0.25) is 0 Å². The number of amides is 1. The number of nitrogens with one attached hydrogen (secondary N) is 1. The Labute approximate surface area is 157 Å². The van der Waals surface area contributed by atoms with Crippen LogP contribution in [0.4, 0.5) is 5.69 Å². The monoisotopic (exact) mass is 360 g/mol. The summed E-state index contributed by atoms with van der Waals surface area (Å²) in [5.41, 5.74) is 0.105. The summed E-state index contributed by atoms with van der Waals surface area (Å²) in [5.74, 6) is 0.344. The van der Waals surface area contributed by atoms with Gasteiger partial charge in [-0.1, -0.05) is 33.1 Å². The smallest absolute Gasteiger partial charge is 0.256 e. The second kappa shape index (κ2) is 10.8. The minimum absolute atomic E-state index is 0.0214. The fraction of sp³-hybridized carbons (Fsp3) is 0.619. The second-order valence-electron chi connectivity index (χ2n) is 6.98. The summed E-state index contributed by atoms with van der Waals surface area (Å²) >= 11 is 0. The van der Waals surface area contributed by atoms with E-state index in [-0.39, 0.29) is 12.0 Å². The van der Waals surface area contributed by atoms with Gasteiger partial charge in [-0.25, -0.2) is 0 Å². The average molecular weight is 360 g/mol. The maximum Gasteiger partial charge on any atom is 0.256 e. The lowest BCUT2D eigenvalue weighted by molar-refractivity contribution is -0.140. The van der Waals surface area contributed by atoms with Gasteiger partial charge in [0.1, 0.15) is 17.4 Å². The van der Waals surface area contributed by atoms with Crippen molar-refractivity contribution in [1.29, 1.82) is 5.26 Å². The lowest BCUT2D eigenvalue weighted by Gasteiger charge is -2.29. The minimum Gasteiger partial charge on any atom is -0.490 e. The summed E-state index contributed by atoms with van der Waals surface area (Å²) in [4.78, 5) is 12.8. The minimum atomic E-state index is -0.870. The van der Waals surface area contributed by atoms with E-state index in [4.69, 9.17) is 9.47 Å². The molecule has 0 saturated carbocycles. The number of nitrogens with zero attached hydrogens (tertiary/aromatic N) is 1. The van der Waals surface area contributed by atoms with E-state index >= 15 is 0 Å². The molecule has 1 aromatic carbocycles. The molecule has 1 N–H and O–H groups in total. The van der Waals surface area contributed by atoms with E-state index in [0.717, 1.165) is 25.7 Å². The molecule has 1 rings (SSSR count). The molecular weight excluding hydrogens is 328 g/mol. The van der Waals surface area contributed by atoms with Gasteiger partial charge in [-0.3, -0.25) is 4.79 Å². The number of ether oxygens (including phenoxy) is 2. The van der Waals surface area contributed by atoms with Crippen molar-refractivity contribution in [3.05, 3.63) is 23.8 Å². The van der Waals surface area contributed by atoms with E-state index in [2.05, 4.69) is 18.3 Å². The van der Waals surface area contributed by atoms with Crippen molar-refractivity contribution >= 4 is 11.6 Å². The zero-order valence-corrected chi connectivity index (χ0v) is 16.7. The van der Waals surface area contributed by atoms with Gasteiger partial charge in [-0.15, -0.1) is 0 Å². The number of hydrogen-bond acceptors (Lipinski definition) is 4. The Kier molecular flexibility index (Phi) is 9.15. The molecule has 0 aliphatic carbocycles. The molecule has 144 valence electrons. The maximum absolute atomic E-state index is 12.8. The van der Waals surface area contributed by atoms with Gasteiger partial charge in [-0.2, -0.15) is 5.26 Å². The van der Waals surface area contributed by atoms with Gasteiger partial charge in [0, 0.05) is 12.3 Å². The van der Waals surface area contributed by atoms with E-state index < -0.39 is 5.60 Å². The highest BCUT2D eigenvalue weighted by atomic mass is 16.5. The first kappa shape index (κ1) is 22.0. The molecule has 0 radical (unpaired) electrons. The van der Waals surface area contributed by atoms with Crippen LogP contribution in [0.15, 0.2) is 18.2 Å². The van der Waals surface area contributed by atoms with Crippen LogP contribution in [0.1, 0.15) is 72.3 Å². The molecule has 0 bridgehead atoms. The standard InChI is InChI=1S/C21H32N2O3/c1-6-8-9-12-21(5,25-13-7-2)20(24)23-18-10-11-19(26-16(3)4)17(14-18)15-22/h10-11,14,16H,6-9,12-13H2,1-5H3,(H,23,24). The van der Waals surface area contributed by atoms with Crippen molar-refractivity contribution in [3.8, 4) is 11.8 Å². The SMILES string of the molecule is CCCCCC(C)(OCCC)C(=O)Nc1ccc(OC(C)C)c(C#N)c1. The molecule has 1 amide bonds. The van der Waals surface area contributed by atoms with E-state index in [1.165, 1.54) is 0 Å². The summed E-state index contributed by atoms with van der Waals surface area (Å²) in [5, 5.41) is 12.2. The molecule has 0 saturated heterocycles. The van der Waals surface area contributed by atoms with Gasteiger partial charge in [0.15, 0.2) is 0 Å². The van der Waals surface area contributed by atoms with Gasteiger partial charge in [0.05, 0.1) is 11.7 Å². The highest BCUT2D eigenvalue weighted by Crippen LogP contribution is 2.26. The van der Waals surface area contributed by atoms with Crippen molar-refractivity contribution in [1.82, 2.24) is 0 Å². The Bertz CT molecular complexity index is 622. The number of unbranched alkanes of at least 4 members (excludes halogenated alkanes) is 2. The third-order valence-electron chi connectivity index (χ3n) is 4.08. The van der Waals surface area contributed by atoms with Crippen LogP contribution in [0.2, 0.25) is 0 Å². The van der Waals surface area contributed by atoms with Crippen molar-refractivity contribution < 1.29 is 14.3 Å². The summed E-state index contributed by atoms with van der Waals surface area (Å²) in [6.45, 7) is 10.4. The lowest BCUT2D eigenvalue weighted by atomic mass is 9.96. The Hall–Kier alpha value is -2.06. The van der Waals surface area contributed by atoms with E-state index in [1.54, 1.807) is 18.2 Å². The molecular formula is C21H32N2O3. The number of carbonyl (C=O) groups excluding carboxylic acids is 1. The quantitative estimate of drug-likeness (QED) is 0.561. The zero-order valence-electron chi connectivity index (χ0n) is 16.7. The van der Waals surface area contributed by atoms with Gasteiger partial charge >= 0.3 is 0 Å². The van der Waals surface area contributed by atoms with Crippen LogP contribution in [-0.2, 0) is 9.53 Å². The van der Waals surface area contributed by atoms with Crippen LogP contribution in [0, 0.1) is 11.3 Å². The molecule has 1 unspecified atom stereocenters. The molecule has 1 atom stereocenters. The molecule has 0 heterocycles. The zero-order chi connectivity index (χ0) is 19.6. The first-order chi connectivity index (χ1) is 12.4. The van der Waals surface area contributed by atoms with Gasteiger partial charge in [-0.05, 0) is 51.8 Å². The number of rotatable bonds is 11. The Morgan fingerprint density at radius 3 is 2.58 bits per heavy atom. The van der Waals surface area contributed by atoms with Gasteiger partial charge < -0.3 is 14.8 Å². The molecule has 26 heavy (non-hydrogen) atoms. The molecule has 0 fully saturated rings. The first-order valence-corrected chi connectivity index (χ1v) is 9.52. The fourth-order valence-electron chi connectivity index (χ4n) is 2.61. The number of nitriles is 1. The molecule has 0 aliphatic heterocycles. The highest BCUT2D eigenvalue weighted by molar-refractivity contribution is 5.97. The predicted octanol–water partition coefficient (Wildman–Crippen LogP) is 5.05. The molecule has 0 aromatic heterocycles. The first-order valence-electron chi connectivity index (χ1n) is 9.52. The molecule has 5 nitrogen and oxygen atoms in total. The highest BCUT2D eigenvalue weighted by Gasteiger charge is 2.33.